The molecule has 0 aliphatic heterocycles. The maximum Gasteiger partial charge on any atom is 0.416 e. The van der Waals surface area contributed by atoms with Crippen molar-refractivity contribution in [2.24, 2.45) is 0 Å². The van der Waals surface area contributed by atoms with Crippen LogP contribution in [0, 0.1) is 5.82 Å². The van der Waals surface area contributed by atoms with Crippen molar-refractivity contribution < 1.29 is 17.6 Å². The molecule has 8 heteroatoms. The van der Waals surface area contributed by atoms with Crippen molar-refractivity contribution in [1.82, 2.24) is 0 Å². The number of hydrogen-bond donors (Lipinski definition) is 0. The molecule has 0 fully saturated rings. The quantitative estimate of drug-likeness (QED) is 0.349. The number of benzene rings is 1. The zero-order valence-corrected chi connectivity index (χ0v) is 14.2. The molecule has 1 aromatic carbocycles. The molecule has 2 rings (SSSR count). The third-order valence-electron chi connectivity index (χ3n) is 2.51. The van der Waals surface area contributed by atoms with Gasteiger partial charge in [-0.1, -0.05) is 0 Å². The highest BCUT2D eigenvalue weighted by molar-refractivity contribution is 9.13. The summed E-state index contributed by atoms with van der Waals surface area (Å²) in [5.74, 6) is -0.765. The van der Waals surface area contributed by atoms with Gasteiger partial charge < -0.3 is 0 Å². The highest BCUT2D eigenvalue weighted by Gasteiger charge is 2.32. The lowest BCUT2D eigenvalue weighted by Crippen LogP contribution is -2.07. The third-order valence-corrected chi connectivity index (χ3v) is 6.43. The van der Waals surface area contributed by atoms with E-state index in [-0.39, 0.29) is 5.56 Å². The lowest BCUT2D eigenvalue weighted by molar-refractivity contribution is -0.137. The first-order chi connectivity index (χ1) is 9.20. The highest BCUT2D eigenvalue weighted by Crippen LogP contribution is 2.42. The molecule has 0 saturated carbocycles. The Labute approximate surface area is 138 Å². The van der Waals surface area contributed by atoms with Crippen LogP contribution in [0.2, 0.25) is 0 Å². The molecule has 0 nitrogen and oxygen atoms in total. The molecule has 1 aromatic heterocycles. The van der Waals surface area contributed by atoms with Gasteiger partial charge in [0.1, 0.15) is 5.82 Å². The van der Waals surface area contributed by atoms with Crippen molar-refractivity contribution in [2.75, 3.05) is 0 Å². The van der Waals surface area contributed by atoms with E-state index >= 15 is 0 Å². The van der Waals surface area contributed by atoms with E-state index in [1.807, 2.05) is 0 Å². The summed E-state index contributed by atoms with van der Waals surface area (Å²) in [4.78, 5) is 0.545. The molecule has 0 N–H and O–H groups in total. The van der Waals surface area contributed by atoms with Gasteiger partial charge in [0.2, 0.25) is 0 Å². The van der Waals surface area contributed by atoms with Crippen LogP contribution in [-0.2, 0) is 6.18 Å². The van der Waals surface area contributed by atoms with Crippen LogP contribution in [0.1, 0.15) is 21.4 Å². The van der Waals surface area contributed by atoms with Crippen molar-refractivity contribution in [3.63, 3.8) is 0 Å². The molecule has 1 atom stereocenters. The average Bonchev–Trinajstić information content (AvgIpc) is 2.68. The lowest BCUT2D eigenvalue weighted by Gasteiger charge is -2.13. The van der Waals surface area contributed by atoms with Crippen LogP contribution in [0.15, 0.2) is 32.5 Å². The fourth-order valence-corrected chi connectivity index (χ4v) is 4.01. The summed E-state index contributed by atoms with van der Waals surface area (Å²) in [5.41, 5.74) is -1.11. The minimum Gasteiger partial charge on any atom is -0.207 e. The monoisotopic (exact) mass is 450 g/mol. The molecule has 2 aromatic rings. The van der Waals surface area contributed by atoms with E-state index in [0.717, 1.165) is 20.4 Å². The van der Waals surface area contributed by atoms with Gasteiger partial charge in [0.05, 0.1) is 14.7 Å². The Morgan fingerprint density at radius 3 is 2.30 bits per heavy atom. The normalized spacial score (nSPS) is 13.6. The summed E-state index contributed by atoms with van der Waals surface area (Å²) in [6.45, 7) is 0. The van der Waals surface area contributed by atoms with Gasteiger partial charge in [0, 0.05) is 14.9 Å². The standard InChI is InChI=1S/C12H5Br2ClF4S/c13-7-4-9(20-11(7)14)10(15)6-3-5(12(17,18)19)1-2-8(6)16/h1-4,10H. The minimum atomic E-state index is -4.53. The summed E-state index contributed by atoms with van der Waals surface area (Å²) in [6, 6.07) is 3.87. The van der Waals surface area contributed by atoms with E-state index in [2.05, 4.69) is 31.9 Å². The van der Waals surface area contributed by atoms with Gasteiger partial charge in [-0.25, -0.2) is 4.39 Å². The lowest BCUT2D eigenvalue weighted by atomic mass is 10.1. The molecule has 1 heterocycles. The molecule has 0 aliphatic rings. The van der Waals surface area contributed by atoms with Crippen LogP contribution in [0.4, 0.5) is 17.6 Å². The van der Waals surface area contributed by atoms with Crippen LogP contribution in [0.25, 0.3) is 0 Å². The molecular weight excluding hydrogens is 447 g/mol. The largest absolute Gasteiger partial charge is 0.416 e. The zero-order chi connectivity index (χ0) is 15.1. The molecule has 0 amide bonds. The van der Waals surface area contributed by atoms with Gasteiger partial charge in [-0.15, -0.1) is 22.9 Å². The maximum atomic E-state index is 13.7. The van der Waals surface area contributed by atoms with E-state index in [4.69, 9.17) is 11.6 Å². The van der Waals surface area contributed by atoms with E-state index < -0.39 is 22.9 Å². The smallest absolute Gasteiger partial charge is 0.207 e. The van der Waals surface area contributed by atoms with Gasteiger partial charge in [0.15, 0.2) is 0 Å². The molecular formula is C12H5Br2ClF4S. The van der Waals surface area contributed by atoms with Gasteiger partial charge >= 0.3 is 6.18 Å². The van der Waals surface area contributed by atoms with Crippen molar-refractivity contribution in [1.29, 1.82) is 0 Å². The Morgan fingerprint density at radius 1 is 1.15 bits per heavy atom. The van der Waals surface area contributed by atoms with Crippen molar-refractivity contribution in [3.8, 4) is 0 Å². The summed E-state index contributed by atoms with van der Waals surface area (Å²) < 4.78 is 53.2. The number of thiophene rings is 1. The van der Waals surface area contributed by atoms with Gasteiger partial charge in [-0.2, -0.15) is 13.2 Å². The molecule has 0 bridgehead atoms. The second-order valence-electron chi connectivity index (χ2n) is 3.87. The molecule has 1 unspecified atom stereocenters. The highest BCUT2D eigenvalue weighted by atomic mass is 79.9. The van der Waals surface area contributed by atoms with E-state index in [0.29, 0.717) is 10.9 Å². The Bertz CT molecular complexity index is 619. The summed E-state index contributed by atoms with van der Waals surface area (Å²) in [7, 11) is 0. The molecule has 0 radical (unpaired) electrons. The first-order valence-electron chi connectivity index (χ1n) is 5.15. The van der Waals surface area contributed by atoms with E-state index in [1.165, 1.54) is 11.3 Å². The average molecular weight is 452 g/mol. The third kappa shape index (κ3) is 3.37. The zero-order valence-electron chi connectivity index (χ0n) is 9.44. The molecule has 20 heavy (non-hydrogen) atoms. The molecule has 0 spiro atoms. The van der Waals surface area contributed by atoms with E-state index in [9.17, 15) is 17.6 Å². The van der Waals surface area contributed by atoms with Crippen LogP contribution in [0.5, 0.6) is 0 Å². The van der Waals surface area contributed by atoms with Crippen LogP contribution in [-0.4, -0.2) is 0 Å². The molecule has 0 aliphatic carbocycles. The number of alkyl halides is 4. The Kier molecular flexibility index (Phi) is 4.83. The van der Waals surface area contributed by atoms with Crippen LogP contribution < -0.4 is 0 Å². The Hall–Kier alpha value is -0.110. The Morgan fingerprint density at radius 2 is 1.80 bits per heavy atom. The van der Waals surface area contributed by atoms with Gasteiger partial charge in [0.25, 0.3) is 0 Å². The minimum absolute atomic E-state index is 0.192. The first kappa shape index (κ1) is 16.3. The van der Waals surface area contributed by atoms with Crippen LogP contribution >= 0.6 is 54.8 Å². The predicted molar refractivity (Wildman–Crippen MR) is 78.8 cm³/mol. The molecule has 0 saturated heterocycles. The fourth-order valence-electron chi connectivity index (χ4n) is 1.56. The van der Waals surface area contributed by atoms with Crippen molar-refractivity contribution >= 4 is 54.8 Å². The van der Waals surface area contributed by atoms with Crippen LogP contribution in [0.3, 0.4) is 0 Å². The summed E-state index contributed by atoms with van der Waals surface area (Å²) in [5, 5.41) is -0.982. The number of halogens is 7. The second kappa shape index (κ2) is 5.94. The number of hydrogen-bond acceptors (Lipinski definition) is 1. The van der Waals surface area contributed by atoms with E-state index in [1.54, 1.807) is 6.07 Å². The summed E-state index contributed by atoms with van der Waals surface area (Å²) in [6.07, 6.45) is -4.53. The SMILES string of the molecule is Fc1ccc(C(F)(F)F)cc1C(Cl)c1cc(Br)c(Br)s1. The molecule has 108 valence electrons. The Balaban J connectivity index is 2.46. The topological polar surface area (TPSA) is 0 Å². The van der Waals surface area contributed by atoms with Gasteiger partial charge in [-0.05, 0) is 56.1 Å². The first-order valence-corrected chi connectivity index (χ1v) is 7.99. The second-order valence-corrected chi connectivity index (χ2v) is 7.56. The summed E-state index contributed by atoms with van der Waals surface area (Å²) >= 11 is 13.8. The van der Waals surface area contributed by atoms with Crippen molar-refractivity contribution in [2.45, 2.75) is 11.6 Å². The van der Waals surface area contributed by atoms with Gasteiger partial charge in [-0.3, -0.25) is 0 Å². The fraction of sp³-hybridized carbons (Fsp3) is 0.167. The number of rotatable bonds is 2. The predicted octanol–water partition coefficient (Wildman–Crippen LogP) is 6.76. The maximum absolute atomic E-state index is 13.7. The van der Waals surface area contributed by atoms with Crippen molar-refractivity contribution in [3.05, 3.63) is 54.3 Å².